The molecule has 3 aromatic rings. The highest BCUT2D eigenvalue weighted by molar-refractivity contribution is 9.10. The number of rotatable bonds is 6. The van der Waals surface area contributed by atoms with Crippen LogP contribution in [0.25, 0.3) is 6.08 Å². The lowest BCUT2D eigenvalue weighted by Crippen LogP contribution is -2.20. The van der Waals surface area contributed by atoms with Gasteiger partial charge in [-0.15, -0.1) is 0 Å². The molecule has 33 heavy (non-hydrogen) atoms. The quantitative estimate of drug-likeness (QED) is 0.374. The topological polar surface area (TPSA) is 79.8 Å². The van der Waals surface area contributed by atoms with Crippen molar-refractivity contribution in [1.82, 2.24) is 5.32 Å². The molecule has 1 heterocycles. The monoisotopic (exact) mass is 541 g/mol. The molecule has 166 valence electrons. The van der Waals surface area contributed by atoms with Gasteiger partial charge in [-0.2, -0.15) is 0 Å². The SMILES string of the molecule is O=C(COc1ccc(/C=C2\SC(=Nc3ccc(Br)cc3)NC2=O)cc1)Nc1cccc(Cl)c1. The van der Waals surface area contributed by atoms with Crippen LogP contribution in [0.1, 0.15) is 5.56 Å². The van der Waals surface area contributed by atoms with Gasteiger partial charge in [-0.3, -0.25) is 9.59 Å². The Morgan fingerprint density at radius 1 is 1.12 bits per heavy atom. The lowest BCUT2D eigenvalue weighted by atomic mass is 10.2. The highest BCUT2D eigenvalue weighted by Gasteiger charge is 2.23. The molecule has 3 aromatic carbocycles. The molecular formula is C24H17BrClN3O3S. The zero-order valence-corrected chi connectivity index (χ0v) is 20.2. The second-order valence-corrected chi connectivity index (χ2v) is 9.26. The number of aliphatic imine (C=N–C) groups is 1. The normalized spacial score (nSPS) is 15.5. The number of nitrogens with zero attached hydrogens (tertiary/aromatic N) is 1. The first-order chi connectivity index (χ1) is 15.9. The summed E-state index contributed by atoms with van der Waals surface area (Å²) in [5.74, 6) is 0.0494. The summed E-state index contributed by atoms with van der Waals surface area (Å²) >= 11 is 10.6. The minimum Gasteiger partial charge on any atom is -0.484 e. The first kappa shape index (κ1) is 23.1. The van der Waals surface area contributed by atoms with Crippen molar-refractivity contribution >= 4 is 73.7 Å². The molecule has 0 spiro atoms. The Morgan fingerprint density at radius 3 is 2.61 bits per heavy atom. The van der Waals surface area contributed by atoms with Gasteiger partial charge in [0.15, 0.2) is 11.8 Å². The van der Waals surface area contributed by atoms with Crippen LogP contribution < -0.4 is 15.4 Å². The first-order valence-electron chi connectivity index (χ1n) is 9.78. The van der Waals surface area contributed by atoms with E-state index in [1.165, 1.54) is 11.8 Å². The Bertz CT molecular complexity index is 1240. The molecule has 0 aromatic heterocycles. The Hall–Kier alpha value is -3.07. The molecule has 9 heteroatoms. The fourth-order valence-corrected chi connectivity index (χ4v) is 4.13. The Kier molecular flexibility index (Phi) is 7.49. The van der Waals surface area contributed by atoms with Crippen molar-refractivity contribution in [3.8, 4) is 5.75 Å². The smallest absolute Gasteiger partial charge is 0.264 e. The third-order valence-electron chi connectivity index (χ3n) is 4.36. The first-order valence-corrected chi connectivity index (χ1v) is 11.8. The molecule has 0 aliphatic carbocycles. The molecule has 6 nitrogen and oxygen atoms in total. The van der Waals surface area contributed by atoms with Crippen molar-refractivity contribution in [3.63, 3.8) is 0 Å². The predicted molar refractivity (Wildman–Crippen MR) is 137 cm³/mol. The lowest BCUT2D eigenvalue weighted by Gasteiger charge is -2.08. The maximum absolute atomic E-state index is 12.3. The van der Waals surface area contributed by atoms with Crippen molar-refractivity contribution < 1.29 is 14.3 Å². The number of benzene rings is 3. The molecule has 1 aliphatic rings. The number of nitrogens with one attached hydrogen (secondary N) is 2. The number of ether oxygens (including phenoxy) is 1. The zero-order chi connectivity index (χ0) is 23.2. The van der Waals surface area contributed by atoms with Gasteiger partial charge in [-0.05, 0) is 78.0 Å². The van der Waals surface area contributed by atoms with Gasteiger partial charge in [0.1, 0.15) is 5.75 Å². The summed E-state index contributed by atoms with van der Waals surface area (Å²) in [5, 5.41) is 6.56. The zero-order valence-electron chi connectivity index (χ0n) is 17.0. The molecule has 4 rings (SSSR count). The van der Waals surface area contributed by atoms with Crippen LogP contribution in [0.5, 0.6) is 5.75 Å². The summed E-state index contributed by atoms with van der Waals surface area (Å²) in [7, 11) is 0. The van der Waals surface area contributed by atoms with Crippen molar-refractivity contribution in [2.45, 2.75) is 0 Å². The fraction of sp³-hybridized carbons (Fsp3) is 0.0417. The van der Waals surface area contributed by atoms with Crippen LogP contribution in [0.3, 0.4) is 0 Å². The minimum atomic E-state index is -0.292. The molecule has 0 saturated carbocycles. The van der Waals surface area contributed by atoms with E-state index in [2.05, 4.69) is 31.6 Å². The van der Waals surface area contributed by atoms with Gasteiger partial charge in [-0.25, -0.2) is 4.99 Å². The third kappa shape index (κ3) is 6.71. The number of amidine groups is 1. The van der Waals surface area contributed by atoms with Gasteiger partial charge in [0.25, 0.3) is 11.8 Å². The number of hydrogen-bond donors (Lipinski definition) is 2. The number of hydrogen-bond acceptors (Lipinski definition) is 5. The van der Waals surface area contributed by atoms with Gasteiger partial charge in [-0.1, -0.05) is 45.7 Å². The van der Waals surface area contributed by atoms with Crippen molar-refractivity contribution in [3.05, 3.63) is 92.8 Å². The Labute approximate surface area is 208 Å². The number of carbonyl (C=O) groups is 2. The van der Waals surface area contributed by atoms with Gasteiger partial charge >= 0.3 is 0 Å². The van der Waals surface area contributed by atoms with E-state index in [1.807, 2.05) is 36.4 Å². The number of anilines is 1. The van der Waals surface area contributed by atoms with E-state index in [0.717, 1.165) is 15.7 Å². The van der Waals surface area contributed by atoms with Crippen LogP contribution >= 0.6 is 39.3 Å². The minimum absolute atomic E-state index is 0.138. The molecular weight excluding hydrogens is 526 g/mol. The Morgan fingerprint density at radius 2 is 1.88 bits per heavy atom. The average Bonchev–Trinajstić information content (AvgIpc) is 3.13. The van der Waals surface area contributed by atoms with E-state index in [-0.39, 0.29) is 18.4 Å². The van der Waals surface area contributed by atoms with Crippen LogP contribution in [0.4, 0.5) is 11.4 Å². The van der Waals surface area contributed by atoms with Gasteiger partial charge in [0, 0.05) is 15.2 Å². The highest BCUT2D eigenvalue weighted by Crippen LogP contribution is 2.29. The van der Waals surface area contributed by atoms with E-state index < -0.39 is 0 Å². The summed E-state index contributed by atoms with van der Waals surface area (Å²) in [4.78, 5) is 29.3. The summed E-state index contributed by atoms with van der Waals surface area (Å²) in [5.41, 5.74) is 2.19. The van der Waals surface area contributed by atoms with Crippen LogP contribution in [0, 0.1) is 0 Å². The molecule has 0 unspecified atom stereocenters. The maximum atomic E-state index is 12.3. The van der Waals surface area contributed by atoms with Crippen LogP contribution in [0.2, 0.25) is 5.02 Å². The second-order valence-electron chi connectivity index (χ2n) is 6.87. The van der Waals surface area contributed by atoms with Crippen LogP contribution in [-0.4, -0.2) is 23.6 Å². The van der Waals surface area contributed by atoms with E-state index in [0.29, 0.717) is 26.5 Å². The van der Waals surface area contributed by atoms with Crippen molar-refractivity contribution in [1.29, 1.82) is 0 Å². The fourth-order valence-electron chi connectivity index (χ4n) is 2.84. The van der Waals surface area contributed by atoms with Crippen molar-refractivity contribution in [2.75, 3.05) is 11.9 Å². The van der Waals surface area contributed by atoms with Crippen LogP contribution in [0.15, 0.2) is 87.2 Å². The number of halogens is 2. The number of thioether (sulfide) groups is 1. The number of carbonyl (C=O) groups excluding carboxylic acids is 2. The van der Waals surface area contributed by atoms with E-state index in [4.69, 9.17) is 16.3 Å². The average molecular weight is 543 g/mol. The predicted octanol–water partition coefficient (Wildman–Crippen LogP) is 6.01. The van der Waals surface area contributed by atoms with Gasteiger partial charge in [0.05, 0.1) is 10.6 Å². The molecule has 1 aliphatic heterocycles. The third-order valence-corrected chi connectivity index (χ3v) is 6.04. The largest absolute Gasteiger partial charge is 0.484 e. The summed E-state index contributed by atoms with van der Waals surface area (Å²) in [6.45, 7) is -0.138. The Balaban J connectivity index is 1.33. The van der Waals surface area contributed by atoms with E-state index in [9.17, 15) is 9.59 Å². The highest BCUT2D eigenvalue weighted by atomic mass is 79.9. The summed E-state index contributed by atoms with van der Waals surface area (Å²) in [6.07, 6.45) is 1.78. The van der Waals surface area contributed by atoms with E-state index in [1.54, 1.807) is 42.5 Å². The van der Waals surface area contributed by atoms with Crippen LogP contribution in [-0.2, 0) is 9.59 Å². The van der Waals surface area contributed by atoms with Crippen molar-refractivity contribution in [2.24, 2.45) is 4.99 Å². The maximum Gasteiger partial charge on any atom is 0.264 e. The van der Waals surface area contributed by atoms with Gasteiger partial charge in [0.2, 0.25) is 0 Å². The molecule has 0 atom stereocenters. The molecule has 2 amide bonds. The van der Waals surface area contributed by atoms with E-state index >= 15 is 0 Å². The molecule has 0 radical (unpaired) electrons. The standard InChI is InChI=1S/C24H17BrClN3O3S/c25-16-6-8-18(9-7-16)28-24-29-23(31)21(33-24)12-15-4-10-20(11-5-15)32-14-22(30)27-19-3-1-2-17(26)13-19/h1-13H,14H2,(H,27,30)(H,28,29,31)/b21-12-. The molecule has 1 saturated heterocycles. The lowest BCUT2D eigenvalue weighted by molar-refractivity contribution is -0.118. The molecule has 0 bridgehead atoms. The molecule has 2 N–H and O–H groups in total. The second kappa shape index (κ2) is 10.7. The summed E-state index contributed by atoms with van der Waals surface area (Å²) < 4.78 is 6.50. The summed E-state index contributed by atoms with van der Waals surface area (Å²) in [6, 6.07) is 21.5. The number of amides is 2. The molecule has 1 fully saturated rings. The van der Waals surface area contributed by atoms with Gasteiger partial charge < -0.3 is 15.4 Å².